The summed E-state index contributed by atoms with van der Waals surface area (Å²) in [6.45, 7) is 0.879. The van der Waals surface area contributed by atoms with Crippen LogP contribution in [0, 0.1) is 0 Å². The highest BCUT2D eigenvalue weighted by molar-refractivity contribution is 5.85. The van der Waals surface area contributed by atoms with Gasteiger partial charge in [0, 0.05) is 18.7 Å². The summed E-state index contributed by atoms with van der Waals surface area (Å²) < 4.78 is 0. The van der Waals surface area contributed by atoms with Gasteiger partial charge in [-0.15, -0.1) is 12.4 Å². The smallest absolute Gasteiger partial charge is 0.240 e. The Labute approximate surface area is 149 Å². The van der Waals surface area contributed by atoms with Crippen LogP contribution < -0.4 is 11.1 Å². The molecule has 1 aromatic rings. The van der Waals surface area contributed by atoms with Gasteiger partial charge in [-0.2, -0.15) is 0 Å². The van der Waals surface area contributed by atoms with Crippen molar-refractivity contribution < 1.29 is 9.59 Å². The van der Waals surface area contributed by atoms with Gasteiger partial charge in [0.1, 0.15) is 0 Å². The molecule has 3 rings (SSSR count). The first-order valence-electron chi connectivity index (χ1n) is 8.59. The summed E-state index contributed by atoms with van der Waals surface area (Å²) in [7, 11) is 0. The van der Waals surface area contributed by atoms with Crippen molar-refractivity contribution in [3.05, 3.63) is 29.3 Å². The summed E-state index contributed by atoms with van der Waals surface area (Å²) >= 11 is 0. The van der Waals surface area contributed by atoms with Gasteiger partial charge in [0.15, 0.2) is 0 Å². The first kappa shape index (κ1) is 18.6. The van der Waals surface area contributed by atoms with E-state index in [1.54, 1.807) is 4.90 Å². The van der Waals surface area contributed by atoms with E-state index >= 15 is 0 Å². The first-order valence-corrected chi connectivity index (χ1v) is 8.59. The number of aryl methyl sites for hydroxylation is 1. The molecule has 24 heavy (non-hydrogen) atoms. The Morgan fingerprint density at radius 1 is 1.21 bits per heavy atom. The van der Waals surface area contributed by atoms with Crippen molar-refractivity contribution in [3.8, 4) is 0 Å². The third-order valence-corrected chi connectivity index (χ3v) is 4.82. The van der Waals surface area contributed by atoms with Gasteiger partial charge in [-0.05, 0) is 55.4 Å². The summed E-state index contributed by atoms with van der Waals surface area (Å²) in [5.74, 6) is 0.0457. The number of amides is 2. The molecular formula is C18H26ClN3O2. The third kappa shape index (κ3) is 4.41. The lowest BCUT2D eigenvalue weighted by atomic mass is 9.87. The standard InChI is InChI=1S/C18H25N3O2.ClH/c19-14-8-9-15-13(11-14)5-4-6-16(15)20-17(22)12-21-10-3-1-2-7-18(21)23;/h8-9,11,16H,1-7,10,12,19H2,(H,20,22);1H. The Morgan fingerprint density at radius 3 is 2.88 bits per heavy atom. The van der Waals surface area contributed by atoms with Gasteiger partial charge in [0.25, 0.3) is 0 Å². The molecule has 1 atom stereocenters. The highest BCUT2D eigenvalue weighted by atomic mass is 35.5. The molecular weight excluding hydrogens is 326 g/mol. The molecule has 1 aliphatic carbocycles. The number of anilines is 1. The molecule has 1 aromatic carbocycles. The van der Waals surface area contributed by atoms with Crippen LogP contribution in [0.1, 0.15) is 55.7 Å². The second-order valence-corrected chi connectivity index (χ2v) is 6.60. The van der Waals surface area contributed by atoms with E-state index in [0.29, 0.717) is 13.0 Å². The largest absolute Gasteiger partial charge is 0.399 e. The van der Waals surface area contributed by atoms with Crippen LogP contribution in [-0.2, 0) is 16.0 Å². The number of carbonyl (C=O) groups excluding carboxylic acids is 2. The van der Waals surface area contributed by atoms with Crippen LogP contribution in [0.25, 0.3) is 0 Å². The number of fused-ring (bicyclic) bond motifs is 1. The van der Waals surface area contributed by atoms with Crippen LogP contribution in [0.5, 0.6) is 0 Å². The first-order chi connectivity index (χ1) is 11.1. The molecule has 2 amide bonds. The van der Waals surface area contributed by atoms with E-state index < -0.39 is 0 Å². The molecule has 0 spiro atoms. The van der Waals surface area contributed by atoms with Crippen LogP contribution in [0.15, 0.2) is 18.2 Å². The SMILES string of the molecule is Cl.Nc1ccc2c(c1)CCCC2NC(=O)CN1CCCCCC1=O. The molecule has 1 unspecified atom stereocenters. The topological polar surface area (TPSA) is 75.4 Å². The number of halogens is 1. The monoisotopic (exact) mass is 351 g/mol. The maximum atomic E-state index is 12.4. The number of carbonyl (C=O) groups is 2. The molecule has 1 fully saturated rings. The number of benzene rings is 1. The summed E-state index contributed by atoms with van der Waals surface area (Å²) in [4.78, 5) is 26.1. The maximum absolute atomic E-state index is 12.4. The fourth-order valence-corrected chi connectivity index (χ4v) is 3.60. The zero-order valence-electron chi connectivity index (χ0n) is 13.9. The Hall–Kier alpha value is -1.75. The molecule has 1 heterocycles. The molecule has 1 saturated heterocycles. The Bertz CT molecular complexity index is 606. The quantitative estimate of drug-likeness (QED) is 0.822. The molecule has 2 aliphatic rings. The van der Waals surface area contributed by atoms with E-state index in [0.717, 1.165) is 44.2 Å². The van der Waals surface area contributed by atoms with Gasteiger partial charge in [0.05, 0.1) is 12.6 Å². The average Bonchev–Trinajstić information content (AvgIpc) is 2.72. The van der Waals surface area contributed by atoms with Crippen LogP contribution >= 0.6 is 12.4 Å². The van der Waals surface area contributed by atoms with Crippen molar-refractivity contribution in [2.75, 3.05) is 18.8 Å². The predicted molar refractivity (Wildman–Crippen MR) is 97.0 cm³/mol. The zero-order chi connectivity index (χ0) is 16.2. The molecule has 132 valence electrons. The number of hydrogen-bond donors (Lipinski definition) is 2. The molecule has 5 nitrogen and oxygen atoms in total. The van der Waals surface area contributed by atoms with E-state index in [-0.39, 0.29) is 36.8 Å². The number of nitrogens with zero attached hydrogens (tertiary/aromatic N) is 1. The van der Waals surface area contributed by atoms with Crippen LogP contribution in [0.3, 0.4) is 0 Å². The number of nitrogens with one attached hydrogen (secondary N) is 1. The fourth-order valence-electron chi connectivity index (χ4n) is 3.60. The number of nitrogen functional groups attached to an aromatic ring is 1. The molecule has 0 aromatic heterocycles. The zero-order valence-corrected chi connectivity index (χ0v) is 14.7. The van der Waals surface area contributed by atoms with Crippen LogP contribution in [0.2, 0.25) is 0 Å². The van der Waals surface area contributed by atoms with Crippen molar-refractivity contribution in [1.82, 2.24) is 10.2 Å². The lowest BCUT2D eigenvalue weighted by Crippen LogP contribution is -2.42. The number of likely N-dealkylation sites (tertiary alicyclic amines) is 1. The van der Waals surface area contributed by atoms with E-state index in [4.69, 9.17) is 5.73 Å². The van der Waals surface area contributed by atoms with E-state index in [2.05, 4.69) is 5.32 Å². The lowest BCUT2D eigenvalue weighted by Gasteiger charge is -2.28. The average molecular weight is 352 g/mol. The summed E-state index contributed by atoms with van der Waals surface area (Å²) in [5, 5.41) is 3.11. The van der Waals surface area contributed by atoms with Gasteiger partial charge in [-0.3, -0.25) is 9.59 Å². The van der Waals surface area contributed by atoms with Gasteiger partial charge >= 0.3 is 0 Å². The van der Waals surface area contributed by atoms with Gasteiger partial charge in [-0.1, -0.05) is 12.5 Å². The summed E-state index contributed by atoms with van der Waals surface area (Å²) in [6.07, 6.45) is 6.57. The summed E-state index contributed by atoms with van der Waals surface area (Å²) in [5.41, 5.74) is 9.02. The lowest BCUT2D eigenvalue weighted by molar-refractivity contribution is -0.135. The van der Waals surface area contributed by atoms with Gasteiger partial charge < -0.3 is 16.0 Å². The maximum Gasteiger partial charge on any atom is 0.240 e. The molecule has 0 bridgehead atoms. The molecule has 3 N–H and O–H groups in total. The highest BCUT2D eigenvalue weighted by Crippen LogP contribution is 2.30. The Balaban J connectivity index is 0.00000208. The second kappa shape index (κ2) is 8.38. The van der Waals surface area contributed by atoms with Crippen molar-refractivity contribution >= 4 is 29.9 Å². The molecule has 1 aliphatic heterocycles. The van der Waals surface area contributed by atoms with Crippen molar-refractivity contribution in [2.24, 2.45) is 0 Å². The molecule has 6 heteroatoms. The number of nitrogens with two attached hydrogens (primary N) is 1. The van der Waals surface area contributed by atoms with Crippen molar-refractivity contribution in [1.29, 1.82) is 0 Å². The summed E-state index contributed by atoms with van der Waals surface area (Å²) in [6, 6.07) is 5.95. The minimum Gasteiger partial charge on any atom is -0.399 e. The number of hydrogen-bond acceptors (Lipinski definition) is 3. The van der Waals surface area contributed by atoms with Gasteiger partial charge in [-0.25, -0.2) is 0 Å². The molecule has 0 saturated carbocycles. The number of rotatable bonds is 3. The molecule has 0 radical (unpaired) electrons. The van der Waals surface area contributed by atoms with E-state index in [1.165, 1.54) is 11.1 Å². The van der Waals surface area contributed by atoms with Crippen LogP contribution in [0.4, 0.5) is 5.69 Å². The van der Waals surface area contributed by atoms with Gasteiger partial charge in [0.2, 0.25) is 11.8 Å². The Kier molecular flexibility index (Phi) is 6.49. The fraction of sp³-hybridized carbons (Fsp3) is 0.556. The third-order valence-electron chi connectivity index (χ3n) is 4.82. The Morgan fingerprint density at radius 2 is 2.04 bits per heavy atom. The van der Waals surface area contributed by atoms with Crippen molar-refractivity contribution in [2.45, 2.75) is 51.0 Å². The minimum absolute atomic E-state index is 0. The van der Waals surface area contributed by atoms with E-state index in [1.807, 2.05) is 18.2 Å². The predicted octanol–water partition coefficient (Wildman–Crippen LogP) is 2.59. The second-order valence-electron chi connectivity index (χ2n) is 6.60. The minimum atomic E-state index is -0.0603. The van der Waals surface area contributed by atoms with Crippen molar-refractivity contribution in [3.63, 3.8) is 0 Å². The highest BCUT2D eigenvalue weighted by Gasteiger charge is 2.24. The van der Waals surface area contributed by atoms with E-state index in [9.17, 15) is 9.59 Å². The normalized spacial score (nSPS) is 20.6. The van der Waals surface area contributed by atoms with Crippen LogP contribution in [-0.4, -0.2) is 29.8 Å².